The summed E-state index contributed by atoms with van der Waals surface area (Å²) < 4.78 is 1.09. The van der Waals surface area contributed by atoms with E-state index in [1.807, 2.05) is 0 Å². The van der Waals surface area contributed by atoms with Gasteiger partial charge in [0.25, 0.3) is 11.2 Å². The first-order valence-electron chi connectivity index (χ1n) is 5.92. The summed E-state index contributed by atoms with van der Waals surface area (Å²) in [4.78, 5) is 22.3. The molecule has 0 amide bonds. The lowest BCUT2D eigenvalue weighted by atomic mass is 10.2. The van der Waals surface area contributed by atoms with Crippen LogP contribution in [0, 0.1) is 17.0 Å². The van der Waals surface area contributed by atoms with Crippen LogP contribution < -0.4 is 5.56 Å². The third kappa shape index (κ3) is 3.31. The van der Waals surface area contributed by atoms with Crippen molar-refractivity contribution in [2.45, 2.75) is 12.1 Å². The molecule has 1 aromatic carbocycles. The van der Waals surface area contributed by atoms with Gasteiger partial charge in [-0.25, -0.2) is 0 Å². The summed E-state index contributed by atoms with van der Waals surface area (Å²) in [6, 6.07) is 4.23. The molecule has 0 saturated heterocycles. The average Bonchev–Trinajstić information content (AvgIpc) is 2.49. The highest BCUT2D eigenvalue weighted by Gasteiger charge is 2.12. The van der Waals surface area contributed by atoms with Gasteiger partial charge in [0, 0.05) is 11.6 Å². The Kier molecular flexibility index (Phi) is 4.88. The van der Waals surface area contributed by atoms with Gasteiger partial charge in [-0.3, -0.25) is 14.9 Å². The van der Waals surface area contributed by atoms with Crippen molar-refractivity contribution in [1.82, 2.24) is 14.9 Å². The molecule has 1 heterocycles. The van der Waals surface area contributed by atoms with Crippen molar-refractivity contribution in [1.29, 1.82) is 0 Å². The minimum Gasteiger partial charge on any atom is -0.265 e. The molecular formula is C12H10ClN5O3S. The van der Waals surface area contributed by atoms with Crippen LogP contribution in [-0.4, -0.2) is 32.3 Å². The van der Waals surface area contributed by atoms with Gasteiger partial charge < -0.3 is 0 Å². The molecule has 0 saturated carbocycles. The molecule has 8 nitrogen and oxygen atoms in total. The van der Waals surface area contributed by atoms with Crippen LogP contribution in [0.4, 0.5) is 5.69 Å². The molecule has 0 fully saturated rings. The van der Waals surface area contributed by atoms with E-state index < -0.39 is 10.5 Å². The van der Waals surface area contributed by atoms with Crippen LogP contribution in [0.1, 0.15) is 11.3 Å². The van der Waals surface area contributed by atoms with Crippen molar-refractivity contribution in [2.75, 3.05) is 6.26 Å². The maximum atomic E-state index is 12.0. The lowest BCUT2D eigenvalue weighted by Gasteiger charge is -2.03. The van der Waals surface area contributed by atoms with E-state index in [0.717, 1.165) is 4.68 Å². The fourth-order valence-corrected chi connectivity index (χ4v) is 2.16. The van der Waals surface area contributed by atoms with Crippen molar-refractivity contribution in [2.24, 2.45) is 5.10 Å². The summed E-state index contributed by atoms with van der Waals surface area (Å²) in [6.07, 6.45) is 3.06. The lowest BCUT2D eigenvalue weighted by Crippen LogP contribution is -2.23. The molecule has 0 N–H and O–H groups in total. The van der Waals surface area contributed by atoms with E-state index in [0.29, 0.717) is 10.7 Å². The van der Waals surface area contributed by atoms with Gasteiger partial charge in [-0.15, -0.1) is 10.2 Å². The second-order valence-corrected chi connectivity index (χ2v) is 5.28. The largest absolute Gasteiger partial charge is 0.296 e. The Morgan fingerprint density at radius 1 is 1.45 bits per heavy atom. The lowest BCUT2D eigenvalue weighted by molar-refractivity contribution is -0.384. The zero-order valence-corrected chi connectivity index (χ0v) is 13.1. The summed E-state index contributed by atoms with van der Waals surface area (Å²) in [7, 11) is 0. The predicted octanol–water partition coefficient (Wildman–Crippen LogP) is 2.11. The Bertz CT molecular complexity index is 821. The first-order chi connectivity index (χ1) is 10.4. The van der Waals surface area contributed by atoms with E-state index in [9.17, 15) is 14.9 Å². The summed E-state index contributed by atoms with van der Waals surface area (Å²) >= 11 is 6.95. The molecule has 0 aliphatic heterocycles. The van der Waals surface area contributed by atoms with Gasteiger partial charge in [0.15, 0.2) is 0 Å². The third-order valence-corrected chi connectivity index (χ3v) is 3.58. The van der Waals surface area contributed by atoms with Crippen LogP contribution in [-0.2, 0) is 0 Å². The normalized spacial score (nSPS) is 11.0. The molecule has 2 aromatic rings. The standard InChI is InChI=1S/C12H10ClN5O3S/c1-7-11(19)17(12(22-2)16-15-7)14-6-8-3-4-9(13)10(5-8)18(20)21/h3-6H,1-2H3/b14-6-. The molecular weight excluding hydrogens is 330 g/mol. The Morgan fingerprint density at radius 3 is 2.82 bits per heavy atom. The molecule has 0 unspecified atom stereocenters. The van der Waals surface area contributed by atoms with Crippen LogP contribution in [0.5, 0.6) is 0 Å². The summed E-state index contributed by atoms with van der Waals surface area (Å²) in [5.41, 5.74) is 0.00713. The number of hydrogen-bond acceptors (Lipinski definition) is 7. The third-order valence-electron chi connectivity index (χ3n) is 2.64. The molecule has 0 atom stereocenters. The quantitative estimate of drug-likeness (QED) is 0.366. The average molecular weight is 340 g/mol. The van der Waals surface area contributed by atoms with Crippen molar-refractivity contribution in [3.05, 3.63) is 54.9 Å². The molecule has 0 bridgehead atoms. The molecule has 114 valence electrons. The molecule has 0 aliphatic carbocycles. The number of aromatic nitrogens is 3. The Labute approximate surface area is 134 Å². The number of nitro groups is 1. The molecule has 22 heavy (non-hydrogen) atoms. The fourth-order valence-electron chi connectivity index (χ4n) is 1.55. The van der Waals surface area contributed by atoms with Crippen LogP contribution >= 0.6 is 23.4 Å². The van der Waals surface area contributed by atoms with Gasteiger partial charge in [-0.1, -0.05) is 29.4 Å². The van der Waals surface area contributed by atoms with Gasteiger partial charge in [0.2, 0.25) is 5.16 Å². The number of aryl methyl sites for hydroxylation is 1. The minimum atomic E-state index is -0.586. The molecule has 0 spiro atoms. The van der Waals surface area contributed by atoms with E-state index in [2.05, 4.69) is 15.3 Å². The van der Waals surface area contributed by atoms with Crippen molar-refractivity contribution in [3.8, 4) is 0 Å². The van der Waals surface area contributed by atoms with E-state index in [-0.39, 0.29) is 16.4 Å². The summed E-state index contributed by atoms with van der Waals surface area (Å²) in [5, 5.41) is 22.8. The van der Waals surface area contributed by atoms with Crippen molar-refractivity contribution >= 4 is 35.3 Å². The number of benzene rings is 1. The summed E-state index contributed by atoms with van der Waals surface area (Å²) in [6.45, 7) is 1.53. The van der Waals surface area contributed by atoms with Gasteiger partial charge >= 0.3 is 0 Å². The van der Waals surface area contributed by atoms with Crippen LogP contribution in [0.3, 0.4) is 0 Å². The number of halogens is 1. The van der Waals surface area contributed by atoms with E-state index in [1.54, 1.807) is 12.3 Å². The first kappa shape index (κ1) is 16.1. The van der Waals surface area contributed by atoms with E-state index in [4.69, 9.17) is 11.6 Å². The highest BCUT2D eigenvalue weighted by molar-refractivity contribution is 7.98. The van der Waals surface area contributed by atoms with Gasteiger partial charge in [0.05, 0.1) is 11.1 Å². The van der Waals surface area contributed by atoms with Crippen LogP contribution in [0.15, 0.2) is 33.3 Å². The van der Waals surface area contributed by atoms with Gasteiger partial charge in [-0.2, -0.15) is 9.78 Å². The monoisotopic (exact) mass is 339 g/mol. The minimum absolute atomic E-state index is 0.0329. The van der Waals surface area contributed by atoms with Crippen LogP contribution in [0.2, 0.25) is 5.02 Å². The molecule has 0 aliphatic rings. The Balaban J connectivity index is 2.46. The highest BCUT2D eigenvalue weighted by Crippen LogP contribution is 2.24. The second kappa shape index (κ2) is 6.67. The zero-order valence-electron chi connectivity index (χ0n) is 11.6. The van der Waals surface area contributed by atoms with E-state index >= 15 is 0 Å². The topological polar surface area (TPSA) is 103 Å². The van der Waals surface area contributed by atoms with Crippen LogP contribution in [0.25, 0.3) is 0 Å². The Morgan fingerprint density at radius 2 is 2.18 bits per heavy atom. The molecule has 0 radical (unpaired) electrons. The maximum absolute atomic E-state index is 12.0. The Hall–Kier alpha value is -2.26. The van der Waals surface area contributed by atoms with Gasteiger partial charge in [-0.05, 0) is 19.2 Å². The summed E-state index contributed by atoms with van der Waals surface area (Å²) in [5.74, 6) is 0. The van der Waals surface area contributed by atoms with Gasteiger partial charge in [0.1, 0.15) is 10.7 Å². The molecule has 1 aromatic heterocycles. The number of hydrogen-bond donors (Lipinski definition) is 0. The number of rotatable bonds is 4. The van der Waals surface area contributed by atoms with Crippen molar-refractivity contribution in [3.63, 3.8) is 0 Å². The number of nitrogens with zero attached hydrogens (tertiary/aromatic N) is 5. The fraction of sp³-hybridized carbons (Fsp3) is 0.167. The number of nitro benzene ring substituents is 1. The zero-order chi connectivity index (χ0) is 16.3. The second-order valence-electron chi connectivity index (χ2n) is 4.10. The molecule has 10 heteroatoms. The van der Waals surface area contributed by atoms with E-state index in [1.165, 1.54) is 37.0 Å². The highest BCUT2D eigenvalue weighted by atomic mass is 35.5. The predicted molar refractivity (Wildman–Crippen MR) is 83.9 cm³/mol. The first-order valence-corrected chi connectivity index (χ1v) is 7.53. The number of thioether (sulfide) groups is 1. The SMILES string of the molecule is CSc1nnc(C)c(=O)n1/N=C\c1ccc(Cl)c([N+](=O)[O-])c1. The van der Waals surface area contributed by atoms with Crippen molar-refractivity contribution < 1.29 is 4.92 Å². The molecule has 2 rings (SSSR count). The maximum Gasteiger partial charge on any atom is 0.296 e. The smallest absolute Gasteiger partial charge is 0.265 e.